The summed E-state index contributed by atoms with van der Waals surface area (Å²) in [5, 5.41) is 5.52. The maximum atomic E-state index is 12.3. The number of benzene rings is 2. The Morgan fingerprint density at radius 2 is 1.46 bits per heavy atom. The second-order valence-corrected chi connectivity index (χ2v) is 5.35. The first-order chi connectivity index (χ1) is 11.6. The van der Waals surface area contributed by atoms with Crippen molar-refractivity contribution in [2.75, 3.05) is 10.6 Å². The summed E-state index contributed by atoms with van der Waals surface area (Å²) in [5.41, 5.74) is 2.82. The third-order valence-corrected chi connectivity index (χ3v) is 3.47. The van der Waals surface area contributed by atoms with E-state index in [0.717, 1.165) is 5.69 Å². The number of amides is 2. The molecular formula is C19H17N3O2. The van der Waals surface area contributed by atoms with Crippen molar-refractivity contribution >= 4 is 23.2 Å². The van der Waals surface area contributed by atoms with E-state index in [2.05, 4.69) is 10.6 Å². The van der Waals surface area contributed by atoms with Crippen LogP contribution in [0.15, 0.2) is 73.1 Å². The van der Waals surface area contributed by atoms with Crippen LogP contribution in [-0.2, 0) is 4.79 Å². The van der Waals surface area contributed by atoms with Gasteiger partial charge in [-0.25, -0.2) is 0 Å². The van der Waals surface area contributed by atoms with Crippen LogP contribution in [-0.4, -0.2) is 16.4 Å². The Morgan fingerprint density at radius 1 is 0.833 bits per heavy atom. The van der Waals surface area contributed by atoms with Crippen LogP contribution in [0.5, 0.6) is 0 Å². The fourth-order valence-corrected chi connectivity index (χ4v) is 2.37. The predicted octanol–water partition coefficient (Wildman–Crippen LogP) is 3.69. The topological polar surface area (TPSA) is 63.1 Å². The average Bonchev–Trinajstić information content (AvgIpc) is 3.09. The molecule has 0 aliphatic carbocycles. The average molecular weight is 319 g/mol. The van der Waals surface area contributed by atoms with E-state index in [-0.39, 0.29) is 11.8 Å². The van der Waals surface area contributed by atoms with E-state index >= 15 is 0 Å². The molecule has 0 bridgehead atoms. The van der Waals surface area contributed by atoms with E-state index in [1.807, 2.05) is 41.2 Å². The number of rotatable bonds is 4. The summed E-state index contributed by atoms with van der Waals surface area (Å²) in [7, 11) is 0. The molecule has 0 unspecified atom stereocenters. The normalized spacial score (nSPS) is 10.2. The quantitative estimate of drug-likeness (QED) is 0.770. The molecule has 2 N–H and O–H groups in total. The SMILES string of the molecule is CC(=O)Nc1cccc(NC(=O)c2ccc(-n3cccc3)cc2)c1. The van der Waals surface area contributed by atoms with Crippen LogP contribution in [0.3, 0.4) is 0 Å². The molecule has 3 rings (SSSR count). The zero-order valence-corrected chi connectivity index (χ0v) is 13.2. The van der Waals surface area contributed by atoms with Gasteiger partial charge in [-0.1, -0.05) is 6.07 Å². The zero-order valence-electron chi connectivity index (χ0n) is 13.2. The Kier molecular flexibility index (Phi) is 4.43. The van der Waals surface area contributed by atoms with Crippen molar-refractivity contribution in [1.82, 2.24) is 4.57 Å². The van der Waals surface area contributed by atoms with Gasteiger partial charge in [0.2, 0.25) is 5.91 Å². The van der Waals surface area contributed by atoms with Crippen molar-refractivity contribution in [3.8, 4) is 5.69 Å². The van der Waals surface area contributed by atoms with Crippen LogP contribution in [0.2, 0.25) is 0 Å². The number of aromatic nitrogens is 1. The summed E-state index contributed by atoms with van der Waals surface area (Å²) in [5.74, 6) is -0.354. The molecule has 1 heterocycles. The van der Waals surface area contributed by atoms with Crippen LogP contribution in [0.4, 0.5) is 11.4 Å². The molecule has 24 heavy (non-hydrogen) atoms. The van der Waals surface area contributed by atoms with Crippen molar-refractivity contribution in [3.63, 3.8) is 0 Å². The summed E-state index contributed by atoms with van der Waals surface area (Å²) in [6.07, 6.45) is 3.89. The zero-order chi connectivity index (χ0) is 16.9. The standard InChI is InChI=1S/C19H17N3O2/c1-14(23)20-16-5-4-6-17(13-16)21-19(24)15-7-9-18(10-8-15)22-11-2-3-12-22/h2-13H,1H3,(H,20,23)(H,21,24). The van der Waals surface area contributed by atoms with Crippen molar-refractivity contribution in [1.29, 1.82) is 0 Å². The summed E-state index contributed by atoms with van der Waals surface area (Å²) in [6.45, 7) is 1.44. The van der Waals surface area contributed by atoms with Gasteiger partial charge < -0.3 is 15.2 Å². The lowest BCUT2D eigenvalue weighted by molar-refractivity contribution is -0.114. The van der Waals surface area contributed by atoms with E-state index in [4.69, 9.17) is 0 Å². The molecule has 3 aromatic rings. The third kappa shape index (κ3) is 3.70. The number of nitrogens with one attached hydrogen (secondary N) is 2. The van der Waals surface area contributed by atoms with Crippen molar-refractivity contribution in [3.05, 3.63) is 78.6 Å². The van der Waals surface area contributed by atoms with E-state index in [1.54, 1.807) is 36.4 Å². The van der Waals surface area contributed by atoms with Crippen molar-refractivity contribution in [2.45, 2.75) is 6.92 Å². The number of hydrogen-bond donors (Lipinski definition) is 2. The van der Waals surface area contributed by atoms with Crippen molar-refractivity contribution < 1.29 is 9.59 Å². The Hall–Kier alpha value is -3.34. The Morgan fingerprint density at radius 3 is 2.08 bits per heavy atom. The largest absolute Gasteiger partial charge is 0.326 e. The smallest absolute Gasteiger partial charge is 0.255 e. The maximum Gasteiger partial charge on any atom is 0.255 e. The molecule has 0 saturated carbocycles. The molecule has 0 atom stereocenters. The van der Waals surface area contributed by atoms with E-state index in [1.165, 1.54) is 6.92 Å². The molecule has 0 aliphatic heterocycles. The van der Waals surface area contributed by atoms with Gasteiger partial charge in [0.1, 0.15) is 0 Å². The first-order valence-electron chi connectivity index (χ1n) is 7.54. The fourth-order valence-electron chi connectivity index (χ4n) is 2.37. The van der Waals surface area contributed by atoms with E-state index in [9.17, 15) is 9.59 Å². The lowest BCUT2D eigenvalue weighted by Crippen LogP contribution is -2.12. The Bertz CT molecular complexity index is 853. The molecule has 5 nitrogen and oxygen atoms in total. The summed E-state index contributed by atoms with van der Waals surface area (Å²) >= 11 is 0. The molecule has 0 radical (unpaired) electrons. The highest BCUT2D eigenvalue weighted by atomic mass is 16.2. The molecule has 120 valence electrons. The highest BCUT2D eigenvalue weighted by molar-refractivity contribution is 6.04. The number of hydrogen-bond acceptors (Lipinski definition) is 2. The van der Waals surface area contributed by atoms with Gasteiger partial charge in [0.25, 0.3) is 5.91 Å². The minimum absolute atomic E-state index is 0.154. The van der Waals surface area contributed by atoms with Crippen LogP contribution in [0.1, 0.15) is 17.3 Å². The van der Waals surface area contributed by atoms with E-state index in [0.29, 0.717) is 16.9 Å². The van der Waals surface area contributed by atoms with Crippen LogP contribution < -0.4 is 10.6 Å². The van der Waals surface area contributed by atoms with Crippen molar-refractivity contribution in [2.24, 2.45) is 0 Å². The minimum Gasteiger partial charge on any atom is -0.326 e. The number of carbonyl (C=O) groups excluding carboxylic acids is 2. The molecule has 0 aliphatic rings. The molecule has 0 spiro atoms. The molecule has 0 saturated heterocycles. The highest BCUT2D eigenvalue weighted by Crippen LogP contribution is 2.17. The first-order valence-corrected chi connectivity index (χ1v) is 7.54. The summed E-state index contributed by atoms with van der Waals surface area (Å²) in [6, 6.07) is 18.3. The van der Waals surface area contributed by atoms with E-state index < -0.39 is 0 Å². The van der Waals surface area contributed by atoms with Gasteiger partial charge in [0, 0.05) is 41.9 Å². The number of nitrogens with zero attached hydrogens (tertiary/aromatic N) is 1. The fraction of sp³-hybridized carbons (Fsp3) is 0.0526. The summed E-state index contributed by atoms with van der Waals surface area (Å²) in [4.78, 5) is 23.4. The van der Waals surface area contributed by atoms with Crippen LogP contribution >= 0.6 is 0 Å². The Labute approximate surface area is 139 Å². The third-order valence-electron chi connectivity index (χ3n) is 3.47. The molecular weight excluding hydrogens is 302 g/mol. The molecule has 2 aromatic carbocycles. The number of anilines is 2. The Balaban J connectivity index is 1.72. The summed E-state index contributed by atoms with van der Waals surface area (Å²) < 4.78 is 1.97. The van der Waals surface area contributed by atoms with Crippen LogP contribution in [0, 0.1) is 0 Å². The van der Waals surface area contributed by atoms with Gasteiger partial charge in [-0.15, -0.1) is 0 Å². The molecule has 2 amide bonds. The van der Waals surface area contributed by atoms with Gasteiger partial charge in [-0.3, -0.25) is 9.59 Å². The second kappa shape index (κ2) is 6.83. The molecule has 0 fully saturated rings. The lowest BCUT2D eigenvalue weighted by Gasteiger charge is -2.09. The van der Waals surface area contributed by atoms with Gasteiger partial charge in [-0.05, 0) is 54.6 Å². The van der Waals surface area contributed by atoms with Gasteiger partial charge in [0.15, 0.2) is 0 Å². The monoisotopic (exact) mass is 319 g/mol. The lowest BCUT2D eigenvalue weighted by atomic mass is 10.2. The van der Waals surface area contributed by atoms with Gasteiger partial charge >= 0.3 is 0 Å². The minimum atomic E-state index is -0.200. The first kappa shape index (κ1) is 15.6. The highest BCUT2D eigenvalue weighted by Gasteiger charge is 2.07. The van der Waals surface area contributed by atoms with Gasteiger partial charge in [0.05, 0.1) is 0 Å². The molecule has 1 aromatic heterocycles. The number of carbonyl (C=O) groups is 2. The maximum absolute atomic E-state index is 12.3. The van der Waals surface area contributed by atoms with Crippen LogP contribution in [0.25, 0.3) is 5.69 Å². The predicted molar refractivity (Wildman–Crippen MR) is 94.5 cm³/mol. The second-order valence-electron chi connectivity index (χ2n) is 5.35. The van der Waals surface area contributed by atoms with Gasteiger partial charge in [-0.2, -0.15) is 0 Å². The molecule has 5 heteroatoms.